The SMILES string of the molecule is CCCOc1cncc(C(=O)c2sccc2Cl)c1. The van der Waals surface area contributed by atoms with Crippen molar-refractivity contribution in [3.63, 3.8) is 0 Å². The molecule has 0 aliphatic carbocycles. The molecular formula is C13H12ClNO2S. The van der Waals surface area contributed by atoms with E-state index in [-0.39, 0.29) is 5.78 Å². The lowest BCUT2D eigenvalue weighted by atomic mass is 10.1. The molecule has 0 atom stereocenters. The summed E-state index contributed by atoms with van der Waals surface area (Å²) in [5, 5.41) is 2.27. The Hall–Kier alpha value is -1.39. The van der Waals surface area contributed by atoms with Crippen molar-refractivity contribution in [2.24, 2.45) is 0 Å². The van der Waals surface area contributed by atoms with Crippen molar-refractivity contribution < 1.29 is 9.53 Å². The Morgan fingerprint density at radius 1 is 1.50 bits per heavy atom. The molecular weight excluding hydrogens is 270 g/mol. The Bertz CT molecular complexity index is 553. The molecule has 0 amide bonds. The predicted octanol–water partition coefficient (Wildman–Crippen LogP) is 3.82. The van der Waals surface area contributed by atoms with Crippen molar-refractivity contribution in [1.29, 1.82) is 0 Å². The molecule has 0 radical (unpaired) electrons. The lowest BCUT2D eigenvalue weighted by Crippen LogP contribution is -2.02. The van der Waals surface area contributed by atoms with Crippen LogP contribution >= 0.6 is 22.9 Å². The Labute approximate surface area is 114 Å². The van der Waals surface area contributed by atoms with Gasteiger partial charge in [0.25, 0.3) is 0 Å². The quantitative estimate of drug-likeness (QED) is 0.782. The number of aromatic nitrogens is 1. The first kappa shape index (κ1) is 13.1. The highest BCUT2D eigenvalue weighted by atomic mass is 35.5. The Kier molecular flexibility index (Phi) is 4.33. The number of rotatable bonds is 5. The fourth-order valence-corrected chi connectivity index (χ4v) is 2.53. The van der Waals surface area contributed by atoms with Crippen molar-refractivity contribution in [3.8, 4) is 5.75 Å². The first-order valence-electron chi connectivity index (χ1n) is 5.58. The highest BCUT2D eigenvalue weighted by Gasteiger charge is 2.15. The summed E-state index contributed by atoms with van der Waals surface area (Å²) in [6, 6.07) is 3.41. The predicted molar refractivity (Wildman–Crippen MR) is 72.8 cm³/mol. The fourth-order valence-electron chi connectivity index (χ4n) is 1.43. The van der Waals surface area contributed by atoms with E-state index in [1.54, 1.807) is 23.7 Å². The molecule has 0 aliphatic rings. The van der Waals surface area contributed by atoms with Gasteiger partial charge in [0.15, 0.2) is 0 Å². The highest BCUT2D eigenvalue weighted by Crippen LogP contribution is 2.25. The largest absolute Gasteiger partial charge is 0.492 e. The molecule has 5 heteroatoms. The van der Waals surface area contributed by atoms with Crippen molar-refractivity contribution in [1.82, 2.24) is 4.98 Å². The van der Waals surface area contributed by atoms with Gasteiger partial charge in [-0.05, 0) is 23.9 Å². The molecule has 0 aromatic carbocycles. The number of pyridine rings is 1. The number of hydrogen-bond donors (Lipinski definition) is 0. The van der Waals surface area contributed by atoms with Gasteiger partial charge in [0, 0.05) is 11.8 Å². The molecule has 0 spiro atoms. The van der Waals surface area contributed by atoms with E-state index in [1.807, 2.05) is 6.92 Å². The monoisotopic (exact) mass is 281 g/mol. The van der Waals surface area contributed by atoms with Crippen molar-refractivity contribution in [3.05, 3.63) is 45.4 Å². The van der Waals surface area contributed by atoms with Crippen LogP contribution in [-0.2, 0) is 0 Å². The second-order valence-electron chi connectivity index (χ2n) is 3.68. The van der Waals surface area contributed by atoms with Crippen LogP contribution in [0.5, 0.6) is 5.75 Å². The van der Waals surface area contributed by atoms with Gasteiger partial charge in [-0.3, -0.25) is 9.78 Å². The van der Waals surface area contributed by atoms with E-state index in [4.69, 9.17) is 16.3 Å². The zero-order valence-electron chi connectivity index (χ0n) is 9.85. The maximum absolute atomic E-state index is 12.2. The van der Waals surface area contributed by atoms with E-state index in [0.29, 0.717) is 27.8 Å². The topological polar surface area (TPSA) is 39.2 Å². The molecule has 0 saturated heterocycles. The highest BCUT2D eigenvalue weighted by molar-refractivity contribution is 7.13. The van der Waals surface area contributed by atoms with Gasteiger partial charge < -0.3 is 4.74 Å². The maximum atomic E-state index is 12.2. The van der Waals surface area contributed by atoms with E-state index >= 15 is 0 Å². The summed E-state index contributed by atoms with van der Waals surface area (Å²) in [5.41, 5.74) is 0.493. The van der Waals surface area contributed by atoms with Crippen LogP contribution in [0.2, 0.25) is 5.02 Å². The van der Waals surface area contributed by atoms with Crippen LogP contribution in [0.15, 0.2) is 29.9 Å². The van der Waals surface area contributed by atoms with Gasteiger partial charge in [-0.15, -0.1) is 11.3 Å². The summed E-state index contributed by atoms with van der Waals surface area (Å²) < 4.78 is 5.45. The van der Waals surface area contributed by atoms with Crippen LogP contribution in [0.25, 0.3) is 0 Å². The third-order valence-electron chi connectivity index (χ3n) is 2.27. The first-order chi connectivity index (χ1) is 8.72. The van der Waals surface area contributed by atoms with E-state index < -0.39 is 0 Å². The number of thiophene rings is 1. The molecule has 18 heavy (non-hydrogen) atoms. The van der Waals surface area contributed by atoms with Crippen LogP contribution < -0.4 is 4.74 Å². The first-order valence-corrected chi connectivity index (χ1v) is 6.83. The lowest BCUT2D eigenvalue weighted by Gasteiger charge is -2.05. The average Bonchev–Trinajstić information content (AvgIpc) is 2.82. The zero-order chi connectivity index (χ0) is 13.0. The van der Waals surface area contributed by atoms with Crippen LogP contribution in [0, 0.1) is 0 Å². The molecule has 2 heterocycles. The lowest BCUT2D eigenvalue weighted by molar-refractivity contribution is 0.104. The zero-order valence-corrected chi connectivity index (χ0v) is 11.4. The summed E-state index contributed by atoms with van der Waals surface area (Å²) in [5.74, 6) is 0.486. The molecule has 0 unspecified atom stereocenters. The molecule has 0 saturated carbocycles. The minimum Gasteiger partial charge on any atom is -0.492 e. The molecule has 0 aliphatic heterocycles. The molecule has 0 N–H and O–H groups in total. The van der Waals surface area contributed by atoms with Crippen LogP contribution in [0.3, 0.4) is 0 Å². The second kappa shape index (κ2) is 5.98. The van der Waals surface area contributed by atoms with Gasteiger partial charge in [0.2, 0.25) is 5.78 Å². The van der Waals surface area contributed by atoms with Crippen LogP contribution in [0.4, 0.5) is 0 Å². The fraction of sp³-hybridized carbons (Fsp3) is 0.231. The summed E-state index contributed by atoms with van der Waals surface area (Å²) in [6.45, 7) is 2.63. The van der Waals surface area contributed by atoms with Crippen molar-refractivity contribution in [2.45, 2.75) is 13.3 Å². The molecule has 0 bridgehead atoms. The maximum Gasteiger partial charge on any atom is 0.206 e. The number of ether oxygens (including phenoxy) is 1. The number of hydrogen-bond acceptors (Lipinski definition) is 4. The Morgan fingerprint density at radius 3 is 3.00 bits per heavy atom. The minimum atomic E-state index is -0.121. The Morgan fingerprint density at radius 2 is 2.33 bits per heavy atom. The number of nitrogens with zero attached hydrogens (tertiary/aromatic N) is 1. The van der Waals surface area contributed by atoms with Crippen molar-refractivity contribution in [2.75, 3.05) is 6.61 Å². The average molecular weight is 282 g/mol. The number of carbonyl (C=O) groups excluding carboxylic acids is 1. The third kappa shape index (κ3) is 2.89. The molecule has 94 valence electrons. The summed E-state index contributed by atoms with van der Waals surface area (Å²) in [7, 11) is 0. The number of carbonyl (C=O) groups is 1. The van der Waals surface area contributed by atoms with Crippen LogP contribution in [0.1, 0.15) is 28.6 Å². The summed E-state index contributed by atoms with van der Waals surface area (Å²) >= 11 is 7.27. The van der Waals surface area contributed by atoms with E-state index in [0.717, 1.165) is 6.42 Å². The van der Waals surface area contributed by atoms with E-state index in [1.165, 1.54) is 17.5 Å². The number of ketones is 1. The van der Waals surface area contributed by atoms with Gasteiger partial charge in [0.1, 0.15) is 5.75 Å². The molecule has 3 nitrogen and oxygen atoms in total. The molecule has 2 aromatic rings. The van der Waals surface area contributed by atoms with Crippen LogP contribution in [-0.4, -0.2) is 17.4 Å². The third-order valence-corrected chi connectivity index (χ3v) is 3.61. The summed E-state index contributed by atoms with van der Waals surface area (Å²) in [4.78, 5) is 16.7. The minimum absolute atomic E-state index is 0.121. The molecule has 0 fully saturated rings. The smallest absolute Gasteiger partial charge is 0.206 e. The Balaban J connectivity index is 2.23. The van der Waals surface area contributed by atoms with Crippen molar-refractivity contribution >= 4 is 28.7 Å². The molecule has 2 rings (SSSR count). The normalized spacial score (nSPS) is 10.3. The van der Waals surface area contributed by atoms with Gasteiger partial charge >= 0.3 is 0 Å². The van der Waals surface area contributed by atoms with Gasteiger partial charge in [-0.25, -0.2) is 0 Å². The van der Waals surface area contributed by atoms with Gasteiger partial charge in [-0.2, -0.15) is 0 Å². The standard InChI is InChI=1S/C13H12ClNO2S/c1-2-4-17-10-6-9(7-15-8-10)12(16)13-11(14)3-5-18-13/h3,5-8H,2,4H2,1H3. The van der Waals surface area contributed by atoms with Gasteiger partial charge in [0.05, 0.1) is 22.7 Å². The van der Waals surface area contributed by atoms with Gasteiger partial charge in [-0.1, -0.05) is 18.5 Å². The molecule has 2 aromatic heterocycles. The number of halogens is 1. The summed E-state index contributed by atoms with van der Waals surface area (Å²) in [6.07, 6.45) is 4.04. The van der Waals surface area contributed by atoms with E-state index in [9.17, 15) is 4.79 Å². The van der Waals surface area contributed by atoms with E-state index in [2.05, 4.69) is 4.98 Å². The second-order valence-corrected chi connectivity index (χ2v) is 5.01.